The van der Waals surface area contributed by atoms with Gasteiger partial charge in [-0.1, -0.05) is 0 Å². The van der Waals surface area contributed by atoms with Crippen LogP contribution in [0.1, 0.15) is 26.7 Å². The molecule has 1 heterocycles. The summed E-state index contributed by atoms with van der Waals surface area (Å²) < 4.78 is 5.16. The number of nitrogens with one attached hydrogen (secondary N) is 1. The van der Waals surface area contributed by atoms with Crippen LogP contribution in [-0.4, -0.2) is 15.9 Å². The first-order valence-corrected chi connectivity index (χ1v) is 9.43. The van der Waals surface area contributed by atoms with E-state index >= 15 is 0 Å². The summed E-state index contributed by atoms with van der Waals surface area (Å²) in [5.41, 5.74) is 1.61. The zero-order valence-electron chi connectivity index (χ0n) is 8.86. The predicted octanol–water partition coefficient (Wildman–Crippen LogP) is 3.00. The summed E-state index contributed by atoms with van der Waals surface area (Å²) in [5.74, 6) is 2.01. The number of halogens is 1. The molecule has 2 fully saturated rings. The zero-order valence-corrected chi connectivity index (χ0v) is 11.0. The normalized spacial score (nSPS) is 35.5. The van der Waals surface area contributed by atoms with Gasteiger partial charge < -0.3 is 0 Å². The molecule has 1 aliphatic heterocycles. The van der Waals surface area contributed by atoms with E-state index in [1.54, 1.807) is 14.6 Å². The van der Waals surface area contributed by atoms with E-state index in [-0.39, 0.29) is 0 Å². The number of allylic oxidation sites excluding steroid dienone is 2. The van der Waals surface area contributed by atoms with Crippen LogP contribution in [0, 0.1) is 11.8 Å². The first kappa shape index (κ1) is 9.81. The molecule has 0 aromatic rings. The SMILES string of the molecule is CC/C(NC)=C(\C1C[C@@H]1C)I1CC1. The Hall–Kier alpha value is 0.270. The Labute approximate surface area is 88.7 Å². The maximum atomic E-state index is 3.43. The van der Waals surface area contributed by atoms with Crippen LogP contribution in [0.4, 0.5) is 0 Å². The third kappa shape index (κ3) is 2.03. The Morgan fingerprint density at radius 2 is 2.08 bits per heavy atom. The molecule has 1 nitrogen and oxygen atoms in total. The van der Waals surface area contributed by atoms with Crippen LogP contribution in [0.5, 0.6) is 0 Å². The molecule has 1 aliphatic carbocycles. The van der Waals surface area contributed by atoms with Crippen molar-refractivity contribution in [3.05, 3.63) is 9.28 Å². The Kier molecular flexibility index (Phi) is 2.86. The van der Waals surface area contributed by atoms with Gasteiger partial charge in [0.1, 0.15) is 0 Å². The van der Waals surface area contributed by atoms with Crippen molar-refractivity contribution in [2.45, 2.75) is 26.7 Å². The van der Waals surface area contributed by atoms with E-state index in [9.17, 15) is 0 Å². The molecule has 0 radical (unpaired) electrons. The van der Waals surface area contributed by atoms with E-state index in [0.717, 1.165) is 11.8 Å². The van der Waals surface area contributed by atoms with Gasteiger partial charge in [-0.15, -0.1) is 0 Å². The maximum absolute atomic E-state index is 3.43. The third-order valence-corrected chi connectivity index (χ3v) is 8.30. The molecular weight excluding hydrogens is 273 g/mol. The van der Waals surface area contributed by atoms with Gasteiger partial charge in [0.25, 0.3) is 0 Å². The van der Waals surface area contributed by atoms with Crippen molar-refractivity contribution >= 4 is 19.8 Å². The number of hydrogen-bond donors (Lipinski definition) is 1. The molecule has 1 saturated heterocycles. The van der Waals surface area contributed by atoms with Crippen molar-refractivity contribution in [2.75, 3.05) is 15.9 Å². The molecule has 76 valence electrons. The fourth-order valence-electron chi connectivity index (χ4n) is 1.96. The Bertz CT molecular complexity index is 224. The van der Waals surface area contributed by atoms with Crippen LogP contribution in [0.2, 0.25) is 0 Å². The summed E-state index contributed by atoms with van der Waals surface area (Å²) in [6, 6.07) is 0. The third-order valence-electron chi connectivity index (χ3n) is 3.04. The van der Waals surface area contributed by atoms with Gasteiger partial charge in [-0.2, -0.15) is 0 Å². The fraction of sp³-hybridized carbons (Fsp3) is 0.818. The second-order valence-electron chi connectivity index (χ2n) is 4.08. The van der Waals surface area contributed by atoms with Crippen LogP contribution in [-0.2, 0) is 0 Å². The average Bonchev–Trinajstić information content (AvgIpc) is 2.98. The summed E-state index contributed by atoms with van der Waals surface area (Å²) >= 11 is -0.512. The van der Waals surface area contributed by atoms with Gasteiger partial charge in [-0.25, -0.2) is 0 Å². The molecule has 1 unspecified atom stereocenters. The summed E-state index contributed by atoms with van der Waals surface area (Å²) in [4.78, 5) is 0. The minimum absolute atomic E-state index is 0.512. The molecule has 0 aromatic carbocycles. The Balaban J connectivity index is 2.15. The van der Waals surface area contributed by atoms with Gasteiger partial charge in [0.05, 0.1) is 0 Å². The molecule has 1 N–H and O–H groups in total. The van der Waals surface area contributed by atoms with E-state index in [1.165, 1.54) is 12.8 Å². The molecule has 2 heteroatoms. The number of alkyl halides is 2. The number of hydrogen-bond acceptors (Lipinski definition) is 1. The Morgan fingerprint density at radius 3 is 2.38 bits per heavy atom. The van der Waals surface area contributed by atoms with Gasteiger partial charge in [0, 0.05) is 0 Å². The summed E-state index contributed by atoms with van der Waals surface area (Å²) in [7, 11) is 2.10. The molecule has 2 aliphatic rings. The van der Waals surface area contributed by atoms with Crippen molar-refractivity contribution in [3.63, 3.8) is 0 Å². The monoisotopic (exact) mass is 293 g/mol. The van der Waals surface area contributed by atoms with Crippen LogP contribution in [0.3, 0.4) is 0 Å². The average molecular weight is 293 g/mol. The van der Waals surface area contributed by atoms with Crippen LogP contribution >= 0.6 is 19.8 Å². The van der Waals surface area contributed by atoms with E-state index in [1.807, 2.05) is 3.58 Å². The van der Waals surface area contributed by atoms with Crippen molar-refractivity contribution in [1.29, 1.82) is 0 Å². The van der Waals surface area contributed by atoms with Gasteiger partial charge in [-0.3, -0.25) is 0 Å². The molecule has 1 saturated carbocycles. The standard InChI is InChI=1S/C11H20IN/c1-4-10(13-3)11(12-5-6-12)9-7-8(9)2/h8-9,13H,4-7H2,1-3H3/b11-10-/t8-,9?/m0/s1. The Morgan fingerprint density at radius 1 is 1.46 bits per heavy atom. The molecule has 0 amide bonds. The topological polar surface area (TPSA) is 12.0 Å². The van der Waals surface area contributed by atoms with Gasteiger partial charge >= 0.3 is 88.8 Å². The van der Waals surface area contributed by atoms with Crippen molar-refractivity contribution in [1.82, 2.24) is 5.32 Å². The van der Waals surface area contributed by atoms with E-state index in [0.29, 0.717) is 0 Å². The van der Waals surface area contributed by atoms with Gasteiger partial charge in [-0.05, 0) is 0 Å². The van der Waals surface area contributed by atoms with Crippen LogP contribution < -0.4 is 5.32 Å². The second-order valence-corrected chi connectivity index (χ2v) is 10.0. The summed E-state index contributed by atoms with van der Waals surface area (Å²) in [6.07, 6.45) is 2.71. The molecule has 0 spiro atoms. The zero-order chi connectivity index (χ0) is 9.42. The second kappa shape index (κ2) is 3.79. The summed E-state index contributed by atoms with van der Waals surface area (Å²) in [6.45, 7) is 4.70. The van der Waals surface area contributed by atoms with Crippen molar-refractivity contribution in [3.8, 4) is 0 Å². The molecule has 0 aromatic heterocycles. The first-order chi connectivity index (χ1) is 6.27. The van der Waals surface area contributed by atoms with Crippen molar-refractivity contribution in [2.24, 2.45) is 11.8 Å². The van der Waals surface area contributed by atoms with Gasteiger partial charge in [0.15, 0.2) is 0 Å². The molecule has 2 atom stereocenters. The van der Waals surface area contributed by atoms with E-state index in [4.69, 9.17) is 0 Å². The van der Waals surface area contributed by atoms with E-state index in [2.05, 4.69) is 26.2 Å². The van der Waals surface area contributed by atoms with Crippen LogP contribution in [0.25, 0.3) is 0 Å². The molecule has 2 rings (SSSR count). The van der Waals surface area contributed by atoms with Crippen molar-refractivity contribution < 1.29 is 0 Å². The minimum atomic E-state index is -0.512. The molecular formula is C11H20IN. The molecule has 13 heavy (non-hydrogen) atoms. The van der Waals surface area contributed by atoms with Crippen LogP contribution in [0.15, 0.2) is 9.28 Å². The predicted molar refractivity (Wildman–Crippen MR) is 67.4 cm³/mol. The fourth-order valence-corrected chi connectivity index (χ4v) is 8.27. The quantitative estimate of drug-likeness (QED) is 0.620. The van der Waals surface area contributed by atoms with E-state index < -0.39 is 19.8 Å². The first-order valence-electron chi connectivity index (χ1n) is 5.30. The van der Waals surface area contributed by atoms with Gasteiger partial charge in [0.2, 0.25) is 0 Å². The molecule has 0 bridgehead atoms. The summed E-state index contributed by atoms with van der Waals surface area (Å²) in [5, 5.41) is 3.43. The number of rotatable bonds is 4.